The lowest BCUT2D eigenvalue weighted by molar-refractivity contribution is 1.01. The summed E-state index contributed by atoms with van der Waals surface area (Å²) in [5.41, 5.74) is 10.8. The predicted molar refractivity (Wildman–Crippen MR) is 249 cm³/mol. The first-order valence-electron chi connectivity index (χ1n) is 20.0. The Hall–Kier alpha value is -7.60. The molecule has 0 fully saturated rings. The van der Waals surface area contributed by atoms with Gasteiger partial charge < -0.3 is 4.57 Å². The Morgan fingerprint density at radius 1 is 0.356 bits per heavy atom. The fraction of sp³-hybridized carbons (Fsp3) is 0. The molecule has 0 aliphatic rings. The molecule has 4 aromatic heterocycles. The molecule has 9 aromatic carbocycles. The molecule has 0 saturated carbocycles. The molecule has 0 unspecified atom stereocenters. The Kier molecular flexibility index (Phi) is 6.85. The van der Waals surface area contributed by atoms with Gasteiger partial charge in [-0.3, -0.25) is 4.57 Å². The van der Waals surface area contributed by atoms with Gasteiger partial charge in [0, 0.05) is 63.7 Å². The van der Waals surface area contributed by atoms with E-state index in [4.69, 9.17) is 9.97 Å². The molecule has 13 aromatic rings. The van der Waals surface area contributed by atoms with Gasteiger partial charge >= 0.3 is 0 Å². The molecule has 4 nitrogen and oxygen atoms in total. The maximum absolute atomic E-state index is 5.49. The topological polar surface area (TPSA) is 35.6 Å². The summed E-state index contributed by atoms with van der Waals surface area (Å²) in [5, 5.41) is 10.9. The molecule has 4 heterocycles. The van der Waals surface area contributed by atoms with Crippen molar-refractivity contribution < 1.29 is 0 Å². The summed E-state index contributed by atoms with van der Waals surface area (Å²) in [6.45, 7) is 0. The SMILES string of the molecule is c1ccc(-c2cccc(-n3c4ccccc4c4cc5c6c7c(ccc8sc9ccccc9c87)ccc6n(-c6nc(-c7ccccc7)c7ccccc7n6)c5cc43)c2)cc1. The van der Waals surface area contributed by atoms with Gasteiger partial charge in [-0.2, -0.15) is 0 Å². The highest BCUT2D eigenvalue weighted by molar-refractivity contribution is 7.26. The zero-order valence-electron chi connectivity index (χ0n) is 31.7. The van der Waals surface area contributed by atoms with Crippen LogP contribution in [0.2, 0.25) is 0 Å². The van der Waals surface area contributed by atoms with E-state index in [-0.39, 0.29) is 0 Å². The van der Waals surface area contributed by atoms with Gasteiger partial charge in [0.05, 0.1) is 33.3 Å². The lowest BCUT2D eigenvalue weighted by Crippen LogP contribution is -2.03. The molecule has 59 heavy (non-hydrogen) atoms. The molecular formula is C54H32N4S. The van der Waals surface area contributed by atoms with Gasteiger partial charge in [-0.15, -0.1) is 11.3 Å². The van der Waals surface area contributed by atoms with Crippen molar-refractivity contribution in [3.05, 3.63) is 194 Å². The minimum Gasteiger partial charge on any atom is -0.309 e. The summed E-state index contributed by atoms with van der Waals surface area (Å²) < 4.78 is 7.33. The molecule has 0 atom stereocenters. The van der Waals surface area contributed by atoms with Crippen molar-refractivity contribution in [2.75, 3.05) is 0 Å². The van der Waals surface area contributed by atoms with E-state index in [2.05, 4.69) is 203 Å². The van der Waals surface area contributed by atoms with Crippen LogP contribution in [-0.4, -0.2) is 19.1 Å². The van der Waals surface area contributed by atoms with E-state index in [0.717, 1.165) is 44.4 Å². The van der Waals surface area contributed by atoms with Gasteiger partial charge in [0.1, 0.15) is 0 Å². The van der Waals surface area contributed by atoms with Crippen LogP contribution in [0.15, 0.2) is 194 Å². The quantitative estimate of drug-likeness (QED) is 0.179. The molecule has 0 amide bonds. The maximum Gasteiger partial charge on any atom is 0.235 e. The molecular weight excluding hydrogens is 737 g/mol. The first kappa shape index (κ1) is 32.5. The monoisotopic (exact) mass is 768 g/mol. The number of benzene rings is 9. The summed E-state index contributed by atoms with van der Waals surface area (Å²) in [6, 6.07) is 70.0. The van der Waals surface area contributed by atoms with Gasteiger partial charge in [-0.1, -0.05) is 140 Å². The smallest absolute Gasteiger partial charge is 0.235 e. The Balaban J connectivity index is 1.22. The van der Waals surface area contributed by atoms with Gasteiger partial charge in [0.15, 0.2) is 0 Å². The minimum atomic E-state index is 0.650. The van der Waals surface area contributed by atoms with Crippen molar-refractivity contribution in [3.63, 3.8) is 0 Å². The molecule has 0 aliphatic heterocycles. The van der Waals surface area contributed by atoms with Crippen molar-refractivity contribution >= 4 is 96.8 Å². The third-order valence-electron chi connectivity index (χ3n) is 12.1. The second kappa shape index (κ2) is 12.4. The van der Waals surface area contributed by atoms with Crippen LogP contribution in [0, 0.1) is 0 Å². The molecule has 0 radical (unpaired) electrons. The average molecular weight is 769 g/mol. The molecule has 13 rings (SSSR count). The number of nitrogens with zero attached hydrogens (tertiary/aromatic N) is 4. The normalized spacial score (nSPS) is 12.1. The average Bonchev–Trinajstić information content (AvgIpc) is 3.96. The van der Waals surface area contributed by atoms with Crippen LogP contribution in [0.3, 0.4) is 0 Å². The molecule has 0 saturated heterocycles. The van der Waals surface area contributed by atoms with E-state index in [1.807, 2.05) is 11.3 Å². The van der Waals surface area contributed by atoms with Crippen LogP contribution in [0.4, 0.5) is 0 Å². The van der Waals surface area contributed by atoms with Crippen LogP contribution in [0.1, 0.15) is 0 Å². The second-order valence-electron chi connectivity index (χ2n) is 15.3. The molecule has 5 heteroatoms. The fourth-order valence-electron chi connectivity index (χ4n) is 9.53. The van der Waals surface area contributed by atoms with E-state index in [1.54, 1.807) is 0 Å². The van der Waals surface area contributed by atoms with Crippen molar-refractivity contribution in [1.29, 1.82) is 0 Å². The van der Waals surface area contributed by atoms with Crippen LogP contribution in [0.5, 0.6) is 0 Å². The highest BCUT2D eigenvalue weighted by Gasteiger charge is 2.23. The standard InChI is InChI=1S/C54H32N4S/c1-3-14-33(15-4-1)36-18-13-19-37(30-36)57-44-24-11-8-20-38(44)41-31-42-47(32-46(41)57)58(54-55-43-23-10-7-21-39(43)53(56-54)35-16-5-2-6-17-35)45-28-26-34-27-29-49-52(50(34)51(42)45)40-22-9-12-25-48(40)59-49/h1-32H. The zero-order valence-corrected chi connectivity index (χ0v) is 32.5. The number of aromatic nitrogens is 4. The second-order valence-corrected chi connectivity index (χ2v) is 16.4. The van der Waals surface area contributed by atoms with E-state index in [1.165, 1.54) is 69.1 Å². The number of hydrogen-bond acceptors (Lipinski definition) is 3. The Labute approximate surface area is 342 Å². The highest BCUT2D eigenvalue weighted by atomic mass is 32.1. The largest absolute Gasteiger partial charge is 0.309 e. The predicted octanol–water partition coefficient (Wildman–Crippen LogP) is 14.7. The molecule has 0 bridgehead atoms. The van der Waals surface area contributed by atoms with Gasteiger partial charge in [0.2, 0.25) is 5.95 Å². The lowest BCUT2D eigenvalue weighted by Gasteiger charge is -2.13. The number of thiophene rings is 1. The van der Waals surface area contributed by atoms with Crippen LogP contribution in [-0.2, 0) is 0 Å². The van der Waals surface area contributed by atoms with E-state index in [0.29, 0.717) is 5.95 Å². The summed E-state index contributed by atoms with van der Waals surface area (Å²) in [4.78, 5) is 10.9. The Bertz CT molecular complexity index is 3840. The van der Waals surface area contributed by atoms with Gasteiger partial charge in [-0.05, 0) is 71.1 Å². The summed E-state index contributed by atoms with van der Waals surface area (Å²) >= 11 is 1.86. The molecule has 0 N–H and O–H groups in total. The van der Waals surface area contributed by atoms with Crippen molar-refractivity contribution in [3.8, 4) is 34.0 Å². The van der Waals surface area contributed by atoms with Gasteiger partial charge in [0.25, 0.3) is 0 Å². The Morgan fingerprint density at radius 2 is 1.05 bits per heavy atom. The lowest BCUT2D eigenvalue weighted by atomic mass is 9.98. The zero-order chi connectivity index (χ0) is 38.6. The highest BCUT2D eigenvalue weighted by Crippen LogP contribution is 2.46. The third kappa shape index (κ3) is 4.77. The molecule has 0 spiro atoms. The van der Waals surface area contributed by atoms with Crippen molar-refractivity contribution in [2.24, 2.45) is 0 Å². The number of fused-ring (bicyclic) bond motifs is 13. The maximum atomic E-state index is 5.49. The number of para-hydroxylation sites is 2. The molecule has 0 aliphatic carbocycles. The first-order chi connectivity index (χ1) is 29.3. The van der Waals surface area contributed by atoms with Crippen LogP contribution in [0.25, 0.3) is 119 Å². The van der Waals surface area contributed by atoms with E-state index >= 15 is 0 Å². The third-order valence-corrected chi connectivity index (χ3v) is 13.2. The fourth-order valence-corrected chi connectivity index (χ4v) is 10.6. The van der Waals surface area contributed by atoms with Crippen molar-refractivity contribution in [1.82, 2.24) is 19.1 Å². The van der Waals surface area contributed by atoms with Crippen molar-refractivity contribution in [2.45, 2.75) is 0 Å². The summed E-state index contributed by atoms with van der Waals surface area (Å²) in [6.07, 6.45) is 0. The first-order valence-corrected chi connectivity index (χ1v) is 20.8. The van der Waals surface area contributed by atoms with Crippen LogP contribution >= 0.6 is 11.3 Å². The minimum absolute atomic E-state index is 0.650. The summed E-state index contributed by atoms with van der Waals surface area (Å²) in [5.74, 6) is 0.650. The van der Waals surface area contributed by atoms with E-state index < -0.39 is 0 Å². The van der Waals surface area contributed by atoms with Crippen LogP contribution < -0.4 is 0 Å². The number of rotatable bonds is 4. The molecule has 274 valence electrons. The van der Waals surface area contributed by atoms with E-state index in [9.17, 15) is 0 Å². The number of hydrogen-bond donors (Lipinski definition) is 0. The summed E-state index contributed by atoms with van der Waals surface area (Å²) in [7, 11) is 0. The van der Waals surface area contributed by atoms with Gasteiger partial charge in [-0.25, -0.2) is 9.97 Å². The Morgan fingerprint density at radius 3 is 1.92 bits per heavy atom.